The fourth-order valence-corrected chi connectivity index (χ4v) is 2.62. The van der Waals surface area contributed by atoms with Gasteiger partial charge in [0.1, 0.15) is 0 Å². The van der Waals surface area contributed by atoms with Crippen molar-refractivity contribution in [2.45, 2.75) is 0 Å². The van der Waals surface area contributed by atoms with Crippen molar-refractivity contribution in [2.75, 3.05) is 6.26 Å². The maximum atomic E-state index is 11.6. The number of hydrogen-bond donors (Lipinski definition) is 1. The molecule has 16 heavy (non-hydrogen) atoms. The van der Waals surface area contributed by atoms with Crippen molar-refractivity contribution in [1.29, 1.82) is 5.41 Å². The molecule has 0 spiro atoms. The molecule has 0 aliphatic heterocycles. The predicted molar refractivity (Wildman–Crippen MR) is 66.0 cm³/mol. The number of allylic oxidation sites excluding steroid dienone is 2. The SMILES string of the molecule is C=C1C(=N)C=C(S(C)(=O)=O)c2ccccc21. The number of benzene rings is 1. The Labute approximate surface area is 94.5 Å². The van der Waals surface area contributed by atoms with Gasteiger partial charge in [-0.25, -0.2) is 8.42 Å². The average Bonchev–Trinajstić information content (AvgIpc) is 2.22. The van der Waals surface area contributed by atoms with Gasteiger partial charge in [0.15, 0.2) is 9.84 Å². The normalized spacial score (nSPS) is 15.7. The molecule has 0 saturated heterocycles. The Morgan fingerprint density at radius 2 is 1.75 bits per heavy atom. The van der Waals surface area contributed by atoms with Crippen LogP contribution < -0.4 is 0 Å². The second kappa shape index (κ2) is 3.42. The van der Waals surface area contributed by atoms with Crippen LogP contribution in [0, 0.1) is 5.41 Å². The zero-order valence-corrected chi connectivity index (χ0v) is 9.64. The summed E-state index contributed by atoms with van der Waals surface area (Å²) in [6.07, 6.45) is 2.51. The minimum atomic E-state index is -3.32. The maximum absolute atomic E-state index is 11.6. The molecule has 0 atom stereocenters. The smallest absolute Gasteiger partial charge is 0.176 e. The molecule has 3 nitrogen and oxygen atoms in total. The van der Waals surface area contributed by atoms with Crippen molar-refractivity contribution in [1.82, 2.24) is 0 Å². The van der Waals surface area contributed by atoms with Crippen molar-refractivity contribution in [3.63, 3.8) is 0 Å². The van der Waals surface area contributed by atoms with Crippen LogP contribution in [-0.2, 0) is 9.84 Å². The molecular formula is C12H11NO2S. The standard InChI is InChI=1S/C12H11NO2S/c1-8-9-5-3-4-6-10(9)12(7-11(8)13)16(2,14)15/h3-7,13H,1H2,2H3. The van der Waals surface area contributed by atoms with E-state index in [1.165, 1.54) is 6.08 Å². The van der Waals surface area contributed by atoms with Crippen molar-refractivity contribution in [3.05, 3.63) is 48.0 Å². The Morgan fingerprint density at radius 3 is 2.31 bits per heavy atom. The Bertz CT molecular complexity index is 624. The topological polar surface area (TPSA) is 58.0 Å². The third kappa shape index (κ3) is 1.61. The van der Waals surface area contributed by atoms with Crippen molar-refractivity contribution < 1.29 is 8.42 Å². The quantitative estimate of drug-likeness (QED) is 0.807. The summed E-state index contributed by atoms with van der Waals surface area (Å²) >= 11 is 0. The van der Waals surface area contributed by atoms with Gasteiger partial charge in [0, 0.05) is 17.4 Å². The average molecular weight is 233 g/mol. The van der Waals surface area contributed by atoms with E-state index in [9.17, 15) is 8.42 Å². The highest BCUT2D eigenvalue weighted by molar-refractivity contribution is 8.00. The summed E-state index contributed by atoms with van der Waals surface area (Å²) in [5.74, 6) is 0. The first-order valence-electron chi connectivity index (χ1n) is 4.70. The van der Waals surface area contributed by atoms with Crippen molar-refractivity contribution in [2.24, 2.45) is 0 Å². The van der Waals surface area contributed by atoms with Gasteiger partial charge in [-0.05, 0) is 11.6 Å². The minimum Gasteiger partial charge on any atom is -0.300 e. The van der Waals surface area contributed by atoms with E-state index in [0.29, 0.717) is 11.1 Å². The maximum Gasteiger partial charge on any atom is 0.176 e. The van der Waals surface area contributed by atoms with Gasteiger partial charge in [-0.15, -0.1) is 0 Å². The summed E-state index contributed by atoms with van der Waals surface area (Å²) in [6.45, 7) is 3.79. The molecule has 0 heterocycles. The van der Waals surface area contributed by atoms with Gasteiger partial charge in [-0.2, -0.15) is 0 Å². The molecular weight excluding hydrogens is 222 g/mol. The molecule has 0 radical (unpaired) electrons. The van der Waals surface area contributed by atoms with Crippen LogP contribution in [0.2, 0.25) is 0 Å². The van der Waals surface area contributed by atoms with Gasteiger partial charge in [0.25, 0.3) is 0 Å². The van der Waals surface area contributed by atoms with E-state index in [0.717, 1.165) is 11.8 Å². The summed E-state index contributed by atoms with van der Waals surface area (Å²) < 4.78 is 23.2. The highest BCUT2D eigenvalue weighted by atomic mass is 32.2. The molecule has 0 aromatic heterocycles. The summed E-state index contributed by atoms with van der Waals surface area (Å²) in [7, 11) is -3.32. The zero-order chi connectivity index (χ0) is 11.9. The van der Waals surface area contributed by atoms with E-state index in [4.69, 9.17) is 5.41 Å². The molecule has 0 amide bonds. The number of sulfone groups is 1. The molecule has 4 heteroatoms. The van der Waals surface area contributed by atoms with Crippen LogP contribution >= 0.6 is 0 Å². The molecule has 0 bridgehead atoms. The number of rotatable bonds is 1. The molecule has 1 aliphatic rings. The van der Waals surface area contributed by atoms with Crippen LogP contribution in [0.5, 0.6) is 0 Å². The van der Waals surface area contributed by atoms with Crippen LogP contribution in [-0.4, -0.2) is 20.4 Å². The Morgan fingerprint density at radius 1 is 1.19 bits per heavy atom. The largest absolute Gasteiger partial charge is 0.300 e. The molecule has 1 N–H and O–H groups in total. The number of fused-ring (bicyclic) bond motifs is 1. The summed E-state index contributed by atoms with van der Waals surface area (Å²) in [4.78, 5) is 0.195. The highest BCUT2D eigenvalue weighted by Crippen LogP contribution is 2.33. The molecule has 2 rings (SSSR count). The second-order valence-electron chi connectivity index (χ2n) is 3.72. The van der Waals surface area contributed by atoms with Crippen LogP contribution in [0.1, 0.15) is 11.1 Å². The molecule has 0 saturated carbocycles. The highest BCUT2D eigenvalue weighted by Gasteiger charge is 2.24. The molecule has 1 aromatic rings. The third-order valence-corrected chi connectivity index (χ3v) is 3.65. The first-order valence-corrected chi connectivity index (χ1v) is 6.60. The predicted octanol–water partition coefficient (Wildman–Crippen LogP) is 2.12. The second-order valence-corrected chi connectivity index (χ2v) is 5.70. The third-order valence-electron chi connectivity index (χ3n) is 2.52. The van der Waals surface area contributed by atoms with Gasteiger partial charge < -0.3 is 5.41 Å². The summed E-state index contributed by atoms with van der Waals surface area (Å²) in [5.41, 5.74) is 2.06. The van der Waals surface area contributed by atoms with Crippen LogP contribution in [0.3, 0.4) is 0 Å². The first kappa shape index (κ1) is 10.8. The summed E-state index contributed by atoms with van der Waals surface area (Å²) in [6, 6.07) is 7.10. The number of nitrogens with one attached hydrogen (secondary N) is 1. The first-order chi connectivity index (χ1) is 7.41. The van der Waals surface area contributed by atoms with E-state index in [-0.39, 0.29) is 10.6 Å². The van der Waals surface area contributed by atoms with Gasteiger partial charge in [0.2, 0.25) is 0 Å². The van der Waals surface area contributed by atoms with E-state index in [1.54, 1.807) is 18.2 Å². The van der Waals surface area contributed by atoms with E-state index >= 15 is 0 Å². The van der Waals surface area contributed by atoms with E-state index < -0.39 is 9.84 Å². The number of hydrogen-bond acceptors (Lipinski definition) is 3. The van der Waals surface area contributed by atoms with Gasteiger partial charge >= 0.3 is 0 Å². The Kier molecular flexibility index (Phi) is 2.31. The van der Waals surface area contributed by atoms with Gasteiger partial charge in [-0.1, -0.05) is 30.8 Å². The molecule has 82 valence electrons. The lowest BCUT2D eigenvalue weighted by atomic mass is 9.92. The van der Waals surface area contributed by atoms with Crippen LogP contribution in [0.25, 0.3) is 10.5 Å². The summed E-state index contributed by atoms with van der Waals surface area (Å²) in [5, 5.41) is 7.70. The lowest BCUT2D eigenvalue weighted by molar-refractivity contribution is 0.611. The molecule has 1 aromatic carbocycles. The van der Waals surface area contributed by atoms with E-state index in [2.05, 4.69) is 6.58 Å². The zero-order valence-electron chi connectivity index (χ0n) is 8.82. The van der Waals surface area contributed by atoms with Crippen molar-refractivity contribution in [3.8, 4) is 0 Å². The monoisotopic (exact) mass is 233 g/mol. The lowest BCUT2D eigenvalue weighted by Gasteiger charge is -2.18. The Balaban J connectivity index is 2.80. The van der Waals surface area contributed by atoms with Gasteiger partial charge in [0.05, 0.1) is 10.6 Å². The van der Waals surface area contributed by atoms with Gasteiger partial charge in [-0.3, -0.25) is 0 Å². The van der Waals surface area contributed by atoms with E-state index in [1.807, 2.05) is 6.07 Å². The molecule has 1 aliphatic carbocycles. The molecule has 0 unspecified atom stereocenters. The minimum absolute atomic E-state index is 0.152. The Hall–Kier alpha value is -1.68. The fourth-order valence-electron chi connectivity index (χ4n) is 1.71. The van der Waals surface area contributed by atoms with Crippen LogP contribution in [0.4, 0.5) is 0 Å². The van der Waals surface area contributed by atoms with Crippen LogP contribution in [0.15, 0.2) is 36.9 Å². The lowest BCUT2D eigenvalue weighted by Crippen LogP contribution is -2.12. The molecule has 0 fully saturated rings. The fraction of sp³-hybridized carbons (Fsp3) is 0.0833. The van der Waals surface area contributed by atoms with Crippen molar-refractivity contribution >= 4 is 26.0 Å².